The first-order valence-electron chi connectivity index (χ1n) is 3.82. The third-order valence-corrected chi connectivity index (χ3v) is 2.04. The second-order valence-electron chi connectivity index (χ2n) is 2.24. The molecule has 1 aromatic heterocycles. The molecule has 3 nitrogen and oxygen atoms in total. The number of hydrogen-bond donors (Lipinski definition) is 2. The number of rotatable bonds is 5. The minimum Gasteiger partial charge on any atom is -0.339 e. The fraction of sp³-hybridized carbons (Fsp3) is 0.571. The van der Waals surface area contributed by atoms with Gasteiger partial charge >= 0.3 is 0 Å². The average molecular weight is 171 g/mol. The second kappa shape index (κ2) is 5.21. The summed E-state index contributed by atoms with van der Waals surface area (Å²) in [7, 11) is 0. The Morgan fingerprint density at radius 1 is 1.73 bits per heavy atom. The van der Waals surface area contributed by atoms with Crippen LogP contribution >= 0.6 is 11.9 Å². The van der Waals surface area contributed by atoms with Gasteiger partial charge in [-0.2, -0.15) is 0 Å². The van der Waals surface area contributed by atoms with E-state index in [2.05, 4.69) is 21.6 Å². The maximum Gasteiger partial charge on any atom is 0.180 e. The summed E-state index contributed by atoms with van der Waals surface area (Å²) in [6.45, 7) is 3.22. The zero-order valence-corrected chi connectivity index (χ0v) is 7.45. The van der Waals surface area contributed by atoms with E-state index in [1.54, 1.807) is 18.1 Å². The van der Waals surface area contributed by atoms with Crippen molar-refractivity contribution in [3.8, 4) is 0 Å². The molecule has 0 amide bonds. The Morgan fingerprint density at radius 2 is 2.64 bits per heavy atom. The highest BCUT2D eigenvalue weighted by Crippen LogP contribution is 2.05. The largest absolute Gasteiger partial charge is 0.339 e. The number of aromatic nitrogens is 2. The maximum absolute atomic E-state index is 4.06. The van der Waals surface area contributed by atoms with Crippen molar-refractivity contribution in [2.75, 3.05) is 6.54 Å². The van der Waals surface area contributed by atoms with E-state index in [4.69, 9.17) is 0 Å². The molecule has 0 saturated heterocycles. The Hall–Kier alpha value is -0.480. The molecule has 0 unspecified atom stereocenters. The predicted molar refractivity (Wildman–Crippen MR) is 47.4 cm³/mol. The molecule has 0 radical (unpaired) electrons. The van der Waals surface area contributed by atoms with Crippen LogP contribution in [0.4, 0.5) is 0 Å². The van der Waals surface area contributed by atoms with E-state index in [1.807, 2.05) is 6.20 Å². The molecule has 1 rings (SSSR count). The Balaban J connectivity index is 2.04. The van der Waals surface area contributed by atoms with Crippen LogP contribution in [0.15, 0.2) is 17.6 Å². The van der Waals surface area contributed by atoms with E-state index < -0.39 is 0 Å². The summed E-state index contributed by atoms with van der Waals surface area (Å²) in [6.07, 6.45) is 6.02. The lowest BCUT2D eigenvalue weighted by Gasteiger charge is -1.98. The van der Waals surface area contributed by atoms with Gasteiger partial charge in [0.15, 0.2) is 5.16 Å². The Morgan fingerprint density at radius 3 is 3.27 bits per heavy atom. The smallest absolute Gasteiger partial charge is 0.180 e. The van der Waals surface area contributed by atoms with Crippen LogP contribution in [0.5, 0.6) is 0 Å². The van der Waals surface area contributed by atoms with Gasteiger partial charge in [0.2, 0.25) is 0 Å². The van der Waals surface area contributed by atoms with Crippen LogP contribution in [0.3, 0.4) is 0 Å². The van der Waals surface area contributed by atoms with Crippen LogP contribution in [0.25, 0.3) is 0 Å². The van der Waals surface area contributed by atoms with Gasteiger partial charge < -0.3 is 4.98 Å². The average Bonchev–Trinajstić information content (AvgIpc) is 2.50. The van der Waals surface area contributed by atoms with Gasteiger partial charge in [0.05, 0.1) is 0 Å². The summed E-state index contributed by atoms with van der Waals surface area (Å²) >= 11 is 1.55. The normalized spacial score (nSPS) is 10.3. The number of aromatic amines is 1. The molecule has 4 heteroatoms. The number of imidazole rings is 1. The van der Waals surface area contributed by atoms with Gasteiger partial charge in [-0.15, -0.1) is 0 Å². The molecule has 0 spiro atoms. The lowest BCUT2D eigenvalue weighted by molar-refractivity contribution is 0.774. The number of hydrogen-bond acceptors (Lipinski definition) is 3. The minimum absolute atomic E-state index is 0.932. The fourth-order valence-corrected chi connectivity index (χ4v) is 1.30. The highest BCUT2D eigenvalue weighted by Gasteiger charge is 1.92. The third-order valence-electron chi connectivity index (χ3n) is 1.27. The first-order valence-corrected chi connectivity index (χ1v) is 4.64. The highest BCUT2D eigenvalue weighted by atomic mass is 32.2. The van der Waals surface area contributed by atoms with Crippen molar-refractivity contribution in [2.45, 2.75) is 24.9 Å². The summed E-state index contributed by atoms with van der Waals surface area (Å²) < 4.78 is 3.21. The first kappa shape index (κ1) is 8.62. The molecule has 0 saturated carbocycles. The molecule has 0 aromatic carbocycles. The van der Waals surface area contributed by atoms with Gasteiger partial charge in [-0.25, -0.2) is 4.98 Å². The summed E-state index contributed by atoms with van der Waals surface area (Å²) in [4.78, 5) is 7.06. The summed E-state index contributed by atoms with van der Waals surface area (Å²) in [5.74, 6) is 0. The van der Waals surface area contributed by atoms with Crippen molar-refractivity contribution < 1.29 is 0 Å². The van der Waals surface area contributed by atoms with Crippen LogP contribution in [0.1, 0.15) is 19.8 Å². The maximum atomic E-state index is 4.06. The van der Waals surface area contributed by atoms with Crippen molar-refractivity contribution >= 4 is 11.9 Å². The number of H-pyrrole nitrogens is 1. The Kier molecular flexibility index (Phi) is 4.08. The third kappa shape index (κ3) is 3.43. The van der Waals surface area contributed by atoms with Crippen molar-refractivity contribution in [1.29, 1.82) is 0 Å². The molecular weight excluding hydrogens is 158 g/mol. The molecule has 0 atom stereocenters. The van der Waals surface area contributed by atoms with E-state index in [9.17, 15) is 0 Å². The monoisotopic (exact) mass is 171 g/mol. The quantitative estimate of drug-likeness (QED) is 0.524. The standard InChI is InChI=1S/C7H13N3S/c1-2-3-4-10-11-7-8-5-6-9-7/h5-6,10H,2-4H2,1H3,(H,8,9). The van der Waals surface area contributed by atoms with E-state index in [0.717, 1.165) is 11.7 Å². The lowest BCUT2D eigenvalue weighted by atomic mass is 10.3. The zero-order chi connectivity index (χ0) is 7.94. The van der Waals surface area contributed by atoms with Crippen LogP contribution < -0.4 is 4.72 Å². The van der Waals surface area contributed by atoms with Gasteiger partial charge in [0, 0.05) is 18.9 Å². The predicted octanol–water partition coefficient (Wildman–Crippen LogP) is 1.81. The minimum atomic E-state index is 0.932. The van der Waals surface area contributed by atoms with Gasteiger partial charge in [-0.1, -0.05) is 13.3 Å². The number of nitrogens with zero attached hydrogens (tertiary/aromatic N) is 1. The van der Waals surface area contributed by atoms with Gasteiger partial charge in [0.1, 0.15) is 0 Å². The first-order chi connectivity index (χ1) is 5.43. The number of unbranched alkanes of at least 4 members (excludes halogenated alkanes) is 1. The topological polar surface area (TPSA) is 40.7 Å². The van der Waals surface area contributed by atoms with Gasteiger partial charge in [-0.05, 0) is 18.4 Å². The molecule has 2 N–H and O–H groups in total. The zero-order valence-electron chi connectivity index (χ0n) is 6.63. The SMILES string of the molecule is CCCCNSc1ncc[nH]1. The van der Waals surface area contributed by atoms with Crippen molar-refractivity contribution in [2.24, 2.45) is 0 Å². The molecule has 0 aliphatic rings. The summed E-state index contributed by atoms with van der Waals surface area (Å²) in [5.41, 5.74) is 0. The molecule has 0 bridgehead atoms. The second-order valence-corrected chi connectivity index (χ2v) is 3.12. The fourth-order valence-electron chi connectivity index (χ4n) is 0.675. The highest BCUT2D eigenvalue weighted by molar-refractivity contribution is 7.97. The van der Waals surface area contributed by atoms with E-state index in [-0.39, 0.29) is 0 Å². The van der Waals surface area contributed by atoms with Crippen LogP contribution in [0, 0.1) is 0 Å². The summed E-state index contributed by atoms with van der Waals surface area (Å²) in [5, 5.41) is 0.932. The van der Waals surface area contributed by atoms with Crippen LogP contribution in [-0.4, -0.2) is 16.5 Å². The molecule has 1 heterocycles. The van der Waals surface area contributed by atoms with E-state index in [0.29, 0.717) is 0 Å². The van der Waals surface area contributed by atoms with E-state index >= 15 is 0 Å². The molecule has 11 heavy (non-hydrogen) atoms. The lowest BCUT2D eigenvalue weighted by Crippen LogP contribution is -2.04. The van der Waals surface area contributed by atoms with Gasteiger partial charge in [-0.3, -0.25) is 4.72 Å². The Bertz CT molecular complexity index is 174. The van der Waals surface area contributed by atoms with Crippen molar-refractivity contribution in [3.63, 3.8) is 0 Å². The van der Waals surface area contributed by atoms with E-state index in [1.165, 1.54) is 12.8 Å². The Labute approximate surface area is 71.1 Å². The van der Waals surface area contributed by atoms with Crippen molar-refractivity contribution in [3.05, 3.63) is 12.4 Å². The summed E-state index contributed by atoms with van der Waals surface area (Å²) in [6, 6.07) is 0. The van der Waals surface area contributed by atoms with Gasteiger partial charge in [0.25, 0.3) is 0 Å². The molecule has 1 aromatic rings. The molecule has 0 fully saturated rings. The number of nitrogens with one attached hydrogen (secondary N) is 2. The van der Waals surface area contributed by atoms with Crippen LogP contribution in [0.2, 0.25) is 0 Å². The van der Waals surface area contributed by atoms with Crippen molar-refractivity contribution in [1.82, 2.24) is 14.7 Å². The molecule has 62 valence electrons. The molecule has 0 aliphatic carbocycles. The molecular formula is C7H13N3S. The van der Waals surface area contributed by atoms with Crippen LogP contribution in [-0.2, 0) is 0 Å². The molecule has 0 aliphatic heterocycles.